The van der Waals surface area contributed by atoms with Gasteiger partial charge in [0, 0.05) is 12.2 Å². The number of hydrogen-bond acceptors (Lipinski definition) is 5. The van der Waals surface area contributed by atoms with E-state index < -0.39 is 6.10 Å². The van der Waals surface area contributed by atoms with Crippen LogP contribution in [0.25, 0.3) is 0 Å². The molecule has 1 aromatic carbocycles. The summed E-state index contributed by atoms with van der Waals surface area (Å²) >= 11 is 0. The monoisotopic (exact) mass is 346 g/mol. The number of likely N-dealkylation sites (N-methyl/N-ethyl adjacent to an activating group) is 1. The summed E-state index contributed by atoms with van der Waals surface area (Å²) in [6, 6.07) is 9.50. The number of anilines is 1. The molecule has 1 aromatic heterocycles. The summed E-state index contributed by atoms with van der Waals surface area (Å²) in [5.41, 5.74) is 2.91. The van der Waals surface area contributed by atoms with Crippen molar-refractivity contribution in [2.24, 2.45) is 0 Å². The number of carbonyl (C=O) groups is 1. The molecule has 1 atom stereocenters. The number of aliphatic hydroxyl groups is 1. The molecule has 0 aliphatic heterocycles. The second kappa shape index (κ2) is 9.36. The van der Waals surface area contributed by atoms with E-state index >= 15 is 0 Å². The van der Waals surface area contributed by atoms with Crippen LogP contribution in [0.4, 0.5) is 5.69 Å². The summed E-state index contributed by atoms with van der Waals surface area (Å²) < 4.78 is 10.6. The Kier molecular flexibility index (Phi) is 7.18. The molecule has 2 aromatic rings. The number of aliphatic hydroxyl groups excluding tert-OH is 1. The smallest absolute Gasteiger partial charge is 0.238 e. The molecule has 1 amide bonds. The first-order valence-electron chi connectivity index (χ1n) is 8.28. The normalized spacial score (nSPS) is 12.4. The third-order valence-electron chi connectivity index (χ3n) is 3.82. The molecule has 2 N–H and O–H groups in total. The molecule has 2 rings (SSSR count). The van der Waals surface area contributed by atoms with Crippen LogP contribution in [0.1, 0.15) is 16.9 Å². The number of furan rings is 1. The van der Waals surface area contributed by atoms with Gasteiger partial charge in [-0.25, -0.2) is 0 Å². The van der Waals surface area contributed by atoms with E-state index in [4.69, 9.17) is 9.15 Å². The average molecular weight is 346 g/mol. The molecule has 0 aliphatic rings. The second-order valence-electron chi connectivity index (χ2n) is 6.26. The van der Waals surface area contributed by atoms with E-state index in [0.717, 1.165) is 16.8 Å². The first kappa shape index (κ1) is 19.2. The predicted molar refractivity (Wildman–Crippen MR) is 96.4 cm³/mol. The van der Waals surface area contributed by atoms with E-state index in [0.29, 0.717) is 18.9 Å². The Bertz CT molecular complexity index is 650. The maximum absolute atomic E-state index is 12.2. The molecule has 0 radical (unpaired) electrons. The van der Waals surface area contributed by atoms with Crippen molar-refractivity contribution in [3.8, 4) is 0 Å². The first-order chi connectivity index (χ1) is 12.0. The second-order valence-corrected chi connectivity index (χ2v) is 6.26. The summed E-state index contributed by atoms with van der Waals surface area (Å²) in [5.74, 6) is 0.608. The highest BCUT2D eigenvalue weighted by Gasteiger charge is 2.13. The number of rotatable bonds is 9. The minimum absolute atomic E-state index is 0.108. The van der Waals surface area contributed by atoms with E-state index in [1.165, 1.54) is 0 Å². The number of ether oxygens (including phenoxy) is 1. The van der Waals surface area contributed by atoms with Crippen molar-refractivity contribution in [3.05, 3.63) is 53.5 Å². The van der Waals surface area contributed by atoms with Gasteiger partial charge in [-0.2, -0.15) is 0 Å². The molecule has 0 saturated carbocycles. The number of nitrogens with one attached hydrogen (secondary N) is 1. The lowest BCUT2D eigenvalue weighted by Gasteiger charge is -2.20. The van der Waals surface area contributed by atoms with Crippen molar-refractivity contribution in [2.75, 3.05) is 32.1 Å². The Morgan fingerprint density at radius 1 is 1.28 bits per heavy atom. The zero-order valence-electron chi connectivity index (χ0n) is 15.0. The third kappa shape index (κ3) is 6.34. The van der Waals surface area contributed by atoms with Gasteiger partial charge in [0.1, 0.15) is 12.4 Å². The summed E-state index contributed by atoms with van der Waals surface area (Å²) in [4.78, 5) is 14.0. The Balaban J connectivity index is 1.71. The molecular formula is C19H26N2O4. The molecular weight excluding hydrogens is 320 g/mol. The molecule has 0 bridgehead atoms. The van der Waals surface area contributed by atoms with Gasteiger partial charge in [-0.05, 0) is 44.2 Å². The van der Waals surface area contributed by atoms with E-state index in [2.05, 4.69) is 5.32 Å². The van der Waals surface area contributed by atoms with E-state index in [1.807, 2.05) is 38.1 Å². The fourth-order valence-electron chi connectivity index (χ4n) is 2.60. The van der Waals surface area contributed by atoms with Crippen LogP contribution < -0.4 is 5.32 Å². The Labute approximate surface area is 148 Å². The van der Waals surface area contributed by atoms with Crippen LogP contribution in [0, 0.1) is 13.8 Å². The summed E-state index contributed by atoms with van der Waals surface area (Å²) in [5, 5.41) is 12.9. The van der Waals surface area contributed by atoms with E-state index in [1.54, 1.807) is 24.3 Å². The highest BCUT2D eigenvalue weighted by atomic mass is 16.5. The number of amides is 1. The van der Waals surface area contributed by atoms with Gasteiger partial charge >= 0.3 is 0 Å². The van der Waals surface area contributed by atoms with Crippen LogP contribution in [-0.4, -0.2) is 48.8 Å². The number of carbonyl (C=O) groups excluding carboxylic acids is 1. The molecule has 1 heterocycles. The zero-order chi connectivity index (χ0) is 18.2. The largest absolute Gasteiger partial charge is 0.467 e. The maximum atomic E-state index is 12.2. The Hall–Kier alpha value is -2.15. The molecule has 0 aliphatic carbocycles. The number of aryl methyl sites for hydroxylation is 2. The van der Waals surface area contributed by atoms with Crippen LogP contribution in [0.3, 0.4) is 0 Å². The minimum atomic E-state index is -0.673. The lowest BCUT2D eigenvalue weighted by atomic mass is 10.1. The Morgan fingerprint density at radius 2 is 2.00 bits per heavy atom. The van der Waals surface area contributed by atoms with E-state index in [-0.39, 0.29) is 19.1 Å². The molecule has 0 saturated heterocycles. The average Bonchev–Trinajstić information content (AvgIpc) is 3.04. The molecule has 6 nitrogen and oxygen atoms in total. The van der Waals surface area contributed by atoms with Crippen molar-refractivity contribution >= 4 is 11.6 Å². The number of hydrogen-bond donors (Lipinski definition) is 2. The standard InChI is InChI=1S/C19H26N2O4/c1-14-6-4-7-15(2)19(14)20-18(23)11-21(3)10-16(22)12-24-13-17-8-5-9-25-17/h4-9,16,22H,10-13H2,1-3H3,(H,20,23). The fourth-order valence-corrected chi connectivity index (χ4v) is 2.60. The van der Waals surface area contributed by atoms with Gasteiger partial charge in [-0.3, -0.25) is 9.69 Å². The lowest BCUT2D eigenvalue weighted by molar-refractivity contribution is -0.117. The summed E-state index contributed by atoms with van der Waals surface area (Å²) in [6.45, 7) is 4.98. The molecule has 0 fully saturated rings. The van der Waals surface area contributed by atoms with Crippen LogP contribution in [0.15, 0.2) is 41.0 Å². The zero-order valence-corrected chi connectivity index (χ0v) is 15.0. The van der Waals surface area contributed by atoms with Crippen molar-refractivity contribution in [1.82, 2.24) is 4.90 Å². The maximum Gasteiger partial charge on any atom is 0.238 e. The number of nitrogens with zero attached hydrogens (tertiary/aromatic N) is 1. The topological polar surface area (TPSA) is 74.9 Å². The summed E-state index contributed by atoms with van der Waals surface area (Å²) in [6.07, 6.45) is 0.908. The molecule has 1 unspecified atom stereocenters. The van der Waals surface area contributed by atoms with Crippen molar-refractivity contribution in [2.45, 2.75) is 26.6 Å². The Morgan fingerprint density at radius 3 is 2.64 bits per heavy atom. The summed E-state index contributed by atoms with van der Waals surface area (Å²) in [7, 11) is 1.79. The van der Waals surface area contributed by atoms with Gasteiger partial charge in [0.25, 0.3) is 0 Å². The highest BCUT2D eigenvalue weighted by Crippen LogP contribution is 2.19. The van der Waals surface area contributed by atoms with Gasteiger partial charge in [0.15, 0.2) is 0 Å². The fraction of sp³-hybridized carbons (Fsp3) is 0.421. The molecule has 25 heavy (non-hydrogen) atoms. The molecule has 0 spiro atoms. The predicted octanol–water partition coefficient (Wildman–Crippen LogP) is 2.34. The molecule has 136 valence electrons. The van der Waals surface area contributed by atoms with Crippen LogP contribution in [-0.2, 0) is 16.1 Å². The van der Waals surface area contributed by atoms with Gasteiger partial charge in [0.05, 0.1) is 25.5 Å². The number of benzene rings is 1. The van der Waals surface area contributed by atoms with Gasteiger partial charge in [-0.15, -0.1) is 0 Å². The highest BCUT2D eigenvalue weighted by molar-refractivity contribution is 5.93. The van der Waals surface area contributed by atoms with Crippen LogP contribution in [0.2, 0.25) is 0 Å². The first-order valence-corrected chi connectivity index (χ1v) is 8.28. The lowest BCUT2D eigenvalue weighted by Crippen LogP contribution is -2.37. The van der Waals surface area contributed by atoms with Crippen LogP contribution >= 0.6 is 0 Å². The SMILES string of the molecule is Cc1cccc(C)c1NC(=O)CN(C)CC(O)COCc1ccco1. The molecule has 6 heteroatoms. The van der Waals surface area contributed by atoms with Crippen molar-refractivity contribution in [3.63, 3.8) is 0 Å². The number of para-hydroxylation sites is 1. The van der Waals surface area contributed by atoms with Gasteiger partial charge < -0.3 is 19.6 Å². The van der Waals surface area contributed by atoms with E-state index in [9.17, 15) is 9.90 Å². The quantitative estimate of drug-likeness (QED) is 0.729. The third-order valence-corrected chi connectivity index (χ3v) is 3.82. The van der Waals surface area contributed by atoms with Crippen molar-refractivity contribution in [1.29, 1.82) is 0 Å². The van der Waals surface area contributed by atoms with Crippen molar-refractivity contribution < 1.29 is 19.1 Å². The van der Waals surface area contributed by atoms with Crippen LogP contribution in [0.5, 0.6) is 0 Å². The minimum Gasteiger partial charge on any atom is -0.467 e. The van der Waals surface area contributed by atoms with Gasteiger partial charge in [0.2, 0.25) is 5.91 Å². The van der Waals surface area contributed by atoms with Gasteiger partial charge in [-0.1, -0.05) is 18.2 Å².